The van der Waals surface area contributed by atoms with Gasteiger partial charge in [0.25, 0.3) is 5.56 Å². The van der Waals surface area contributed by atoms with Crippen molar-refractivity contribution in [2.45, 2.75) is 13.3 Å². The minimum Gasteiger partial charge on any atom is -0.466 e. The molecule has 0 amide bonds. The number of hydrogen-bond donors (Lipinski definition) is 1. The first kappa shape index (κ1) is 13.1. The van der Waals surface area contributed by atoms with Crippen LogP contribution in [0.5, 0.6) is 0 Å². The van der Waals surface area contributed by atoms with Gasteiger partial charge in [0.1, 0.15) is 5.39 Å². The van der Waals surface area contributed by atoms with E-state index in [-0.39, 0.29) is 24.1 Å². The van der Waals surface area contributed by atoms with Crippen molar-refractivity contribution in [3.05, 3.63) is 26.5 Å². The highest BCUT2D eigenvalue weighted by Crippen LogP contribution is 2.10. The topological polar surface area (TPSA) is 99.0 Å². The highest BCUT2D eigenvalue weighted by atomic mass is 16.5. The Morgan fingerprint density at radius 2 is 2.00 bits per heavy atom. The monoisotopic (exact) mass is 266 g/mol. The molecule has 2 heterocycles. The summed E-state index contributed by atoms with van der Waals surface area (Å²) in [5, 5.41) is 6.76. The van der Waals surface area contributed by atoms with Crippen LogP contribution in [0.25, 0.3) is 11.0 Å². The third-order valence-electron chi connectivity index (χ3n) is 2.86. The molecular weight excluding hydrogens is 252 g/mol. The van der Waals surface area contributed by atoms with Gasteiger partial charge >= 0.3 is 11.7 Å². The molecule has 0 fully saturated rings. The zero-order valence-corrected chi connectivity index (χ0v) is 10.9. The number of aromatic amines is 1. The molecule has 0 aromatic carbocycles. The Morgan fingerprint density at radius 3 is 2.63 bits per heavy atom. The standard InChI is InChI=1S/C11H14N4O4/c1-4-19-7(16)5-6-8-9(13-12-6)14(2)11(18)15(3)10(8)17/h4-5H2,1-3H3,(H,12,13). The van der Waals surface area contributed by atoms with Crippen LogP contribution in [0, 0.1) is 0 Å². The van der Waals surface area contributed by atoms with Crippen LogP contribution in [0.15, 0.2) is 9.59 Å². The van der Waals surface area contributed by atoms with Gasteiger partial charge in [-0.1, -0.05) is 0 Å². The van der Waals surface area contributed by atoms with Gasteiger partial charge in [-0.15, -0.1) is 0 Å². The number of esters is 1. The van der Waals surface area contributed by atoms with Gasteiger partial charge in [0.15, 0.2) is 5.65 Å². The van der Waals surface area contributed by atoms with Crippen LogP contribution in [0.4, 0.5) is 0 Å². The number of carbonyl (C=O) groups excluding carboxylic acids is 1. The molecule has 0 bridgehead atoms. The first-order valence-electron chi connectivity index (χ1n) is 5.76. The molecule has 0 atom stereocenters. The highest BCUT2D eigenvalue weighted by molar-refractivity contribution is 5.82. The summed E-state index contributed by atoms with van der Waals surface area (Å²) < 4.78 is 7.05. The van der Waals surface area contributed by atoms with E-state index in [1.54, 1.807) is 6.92 Å². The average Bonchev–Trinajstić information content (AvgIpc) is 2.78. The smallest absolute Gasteiger partial charge is 0.332 e. The Hall–Kier alpha value is -2.38. The lowest BCUT2D eigenvalue weighted by Crippen LogP contribution is -2.37. The molecule has 0 saturated carbocycles. The maximum Gasteiger partial charge on any atom is 0.332 e. The summed E-state index contributed by atoms with van der Waals surface area (Å²) in [5.74, 6) is -0.455. The summed E-state index contributed by atoms with van der Waals surface area (Å²) in [6.07, 6.45) is -0.0855. The summed E-state index contributed by atoms with van der Waals surface area (Å²) in [7, 11) is 2.89. The second-order valence-electron chi connectivity index (χ2n) is 4.09. The van der Waals surface area contributed by atoms with Gasteiger partial charge < -0.3 is 4.74 Å². The van der Waals surface area contributed by atoms with Crippen LogP contribution in [0.1, 0.15) is 12.6 Å². The van der Waals surface area contributed by atoms with Gasteiger partial charge in [0, 0.05) is 14.1 Å². The van der Waals surface area contributed by atoms with Crippen molar-refractivity contribution >= 4 is 17.0 Å². The molecule has 19 heavy (non-hydrogen) atoms. The molecule has 0 aliphatic heterocycles. The maximum atomic E-state index is 12.1. The SMILES string of the molecule is CCOC(=O)Cc1[nH]nc2c1c(=O)n(C)c(=O)n2C. The van der Waals surface area contributed by atoms with E-state index in [2.05, 4.69) is 10.2 Å². The molecule has 0 aliphatic carbocycles. The van der Waals surface area contributed by atoms with E-state index in [1.807, 2.05) is 0 Å². The Morgan fingerprint density at radius 1 is 1.32 bits per heavy atom. The minimum atomic E-state index is -0.480. The molecule has 102 valence electrons. The van der Waals surface area contributed by atoms with Gasteiger partial charge in [-0.2, -0.15) is 5.10 Å². The fraction of sp³-hybridized carbons (Fsp3) is 0.455. The second-order valence-corrected chi connectivity index (χ2v) is 4.09. The number of rotatable bonds is 3. The number of aromatic nitrogens is 4. The Labute approximate surface area is 107 Å². The van der Waals surface area contributed by atoms with E-state index in [4.69, 9.17) is 4.74 Å². The average molecular weight is 266 g/mol. The van der Waals surface area contributed by atoms with Gasteiger partial charge in [-0.05, 0) is 6.92 Å². The molecular formula is C11H14N4O4. The number of ether oxygens (including phenoxy) is 1. The summed E-state index contributed by atoms with van der Waals surface area (Å²) in [5.41, 5.74) is -0.366. The maximum absolute atomic E-state index is 12.1. The van der Waals surface area contributed by atoms with Gasteiger partial charge in [0.2, 0.25) is 0 Å². The van der Waals surface area contributed by atoms with Crippen molar-refractivity contribution in [2.24, 2.45) is 14.1 Å². The lowest BCUT2D eigenvalue weighted by atomic mass is 10.2. The van der Waals surface area contributed by atoms with E-state index < -0.39 is 17.2 Å². The van der Waals surface area contributed by atoms with Crippen LogP contribution in [-0.4, -0.2) is 31.9 Å². The molecule has 8 nitrogen and oxygen atoms in total. The Balaban J connectivity index is 2.64. The number of aryl methyl sites for hydroxylation is 1. The zero-order chi connectivity index (χ0) is 14.2. The normalized spacial score (nSPS) is 10.9. The molecule has 0 unspecified atom stereocenters. The Bertz CT molecular complexity index is 752. The lowest BCUT2D eigenvalue weighted by Gasteiger charge is -2.03. The van der Waals surface area contributed by atoms with E-state index in [9.17, 15) is 14.4 Å². The van der Waals surface area contributed by atoms with Gasteiger partial charge in [-0.25, -0.2) is 4.79 Å². The van der Waals surface area contributed by atoms with E-state index in [0.29, 0.717) is 5.69 Å². The predicted octanol–water partition coefficient (Wildman–Crippen LogP) is -0.934. The van der Waals surface area contributed by atoms with Crippen LogP contribution in [0.3, 0.4) is 0 Å². The summed E-state index contributed by atoms with van der Waals surface area (Å²) in [4.78, 5) is 35.2. The second kappa shape index (κ2) is 4.71. The summed E-state index contributed by atoms with van der Waals surface area (Å²) in [6, 6.07) is 0. The molecule has 2 aromatic rings. The van der Waals surface area contributed by atoms with Crippen LogP contribution in [0.2, 0.25) is 0 Å². The van der Waals surface area contributed by atoms with Gasteiger partial charge in [0.05, 0.1) is 18.7 Å². The fourth-order valence-corrected chi connectivity index (χ4v) is 1.89. The molecule has 0 radical (unpaired) electrons. The lowest BCUT2D eigenvalue weighted by molar-refractivity contribution is -0.142. The van der Waals surface area contributed by atoms with Crippen molar-refractivity contribution in [3.8, 4) is 0 Å². The molecule has 2 rings (SSSR count). The first-order chi connectivity index (χ1) is 8.97. The fourth-order valence-electron chi connectivity index (χ4n) is 1.89. The molecule has 2 aromatic heterocycles. The summed E-state index contributed by atoms with van der Waals surface area (Å²) >= 11 is 0. The van der Waals surface area contributed by atoms with Crippen molar-refractivity contribution in [1.29, 1.82) is 0 Å². The van der Waals surface area contributed by atoms with Crippen molar-refractivity contribution < 1.29 is 9.53 Å². The quantitative estimate of drug-likeness (QED) is 0.723. The van der Waals surface area contributed by atoms with Crippen LogP contribution >= 0.6 is 0 Å². The molecule has 1 N–H and O–H groups in total. The van der Waals surface area contributed by atoms with E-state index in [0.717, 1.165) is 4.57 Å². The predicted molar refractivity (Wildman–Crippen MR) is 66.9 cm³/mol. The van der Waals surface area contributed by atoms with Gasteiger partial charge in [-0.3, -0.25) is 23.8 Å². The van der Waals surface area contributed by atoms with Crippen molar-refractivity contribution in [3.63, 3.8) is 0 Å². The number of hydrogen-bond acceptors (Lipinski definition) is 5. The molecule has 0 spiro atoms. The zero-order valence-electron chi connectivity index (χ0n) is 10.9. The largest absolute Gasteiger partial charge is 0.466 e. The molecule has 8 heteroatoms. The van der Waals surface area contributed by atoms with E-state index >= 15 is 0 Å². The number of carbonyl (C=O) groups is 1. The van der Waals surface area contributed by atoms with E-state index in [1.165, 1.54) is 18.7 Å². The van der Waals surface area contributed by atoms with Crippen LogP contribution in [-0.2, 0) is 30.0 Å². The first-order valence-corrected chi connectivity index (χ1v) is 5.76. The number of fused-ring (bicyclic) bond motifs is 1. The molecule has 0 saturated heterocycles. The number of H-pyrrole nitrogens is 1. The number of nitrogens with one attached hydrogen (secondary N) is 1. The minimum absolute atomic E-state index is 0.0855. The van der Waals surface area contributed by atoms with Crippen LogP contribution < -0.4 is 11.2 Å². The Kier molecular flexibility index (Phi) is 3.24. The highest BCUT2D eigenvalue weighted by Gasteiger charge is 2.18. The number of nitrogens with zero attached hydrogens (tertiary/aromatic N) is 3. The molecule has 0 aliphatic rings. The van der Waals surface area contributed by atoms with Crippen molar-refractivity contribution in [2.75, 3.05) is 6.61 Å². The van der Waals surface area contributed by atoms with Crippen molar-refractivity contribution in [1.82, 2.24) is 19.3 Å². The third kappa shape index (κ3) is 2.05. The summed E-state index contributed by atoms with van der Waals surface area (Å²) in [6.45, 7) is 1.97. The third-order valence-corrected chi connectivity index (χ3v) is 2.86.